The maximum atomic E-state index is 12.9. The number of halogens is 6. The Morgan fingerprint density at radius 3 is 2.25 bits per heavy atom. The highest BCUT2D eigenvalue weighted by molar-refractivity contribution is 6.07. The van der Waals surface area contributed by atoms with E-state index >= 15 is 0 Å². The number of aliphatic imine (C=N–C) groups is 1. The van der Waals surface area contributed by atoms with Crippen LogP contribution in [0.2, 0.25) is 0 Å². The van der Waals surface area contributed by atoms with Gasteiger partial charge >= 0.3 is 12.4 Å². The first-order chi connectivity index (χ1) is 9.06. The number of aliphatic hydroxyl groups is 1. The highest BCUT2D eigenvalue weighted by atomic mass is 19.4. The maximum absolute atomic E-state index is 12.9. The van der Waals surface area contributed by atoms with Crippen LogP contribution in [-0.4, -0.2) is 39.8 Å². The number of alkyl halides is 6. The maximum Gasteiger partial charge on any atom is 0.423 e. The number of aromatic nitrogens is 1. The van der Waals surface area contributed by atoms with E-state index in [-0.39, 0.29) is 0 Å². The molecule has 0 aromatic carbocycles. The summed E-state index contributed by atoms with van der Waals surface area (Å²) >= 11 is 0. The van der Waals surface area contributed by atoms with Crippen LogP contribution in [0.1, 0.15) is 12.1 Å². The Kier molecular flexibility index (Phi) is 3.28. The van der Waals surface area contributed by atoms with E-state index in [1.807, 2.05) is 0 Å². The van der Waals surface area contributed by atoms with Gasteiger partial charge in [-0.3, -0.25) is 9.98 Å². The molecule has 1 aliphatic heterocycles. The number of pyridine rings is 1. The zero-order valence-corrected chi connectivity index (χ0v) is 9.70. The Morgan fingerprint density at radius 2 is 1.80 bits per heavy atom. The van der Waals surface area contributed by atoms with Gasteiger partial charge in [-0.1, -0.05) is 6.07 Å². The molecule has 2 rings (SSSR count). The summed E-state index contributed by atoms with van der Waals surface area (Å²) in [6.45, 7) is 0. The van der Waals surface area contributed by atoms with Crippen LogP contribution in [0.25, 0.3) is 0 Å². The van der Waals surface area contributed by atoms with Gasteiger partial charge in [-0.25, -0.2) is 0 Å². The number of nitrogens with zero attached hydrogens (tertiary/aromatic N) is 2. The standard InChI is InChI=1S/C11H8F6N2O/c12-10(13,14)7-5-9(20,11(15,16)17)8(19-7)6-3-1-2-4-18-6/h1-4,7,20H,5H2/t7-,9-/m1/s1. The summed E-state index contributed by atoms with van der Waals surface area (Å²) in [7, 11) is 0. The Labute approximate surface area is 109 Å². The zero-order valence-electron chi connectivity index (χ0n) is 9.70. The average Bonchev–Trinajstić information content (AvgIpc) is 2.69. The van der Waals surface area contributed by atoms with Crippen molar-refractivity contribution in [2.45, 2.75) is 30.4 Å². The zero-order chi connectivity index (χ0) is 15.2. The molecule has 3 nitrogen and oxygen atoms in total. The molecule has 1 aromatic rings. The minimum atomic E-state index is -5.27. The van der Waals surface area contributed by atoms with E-state index in [0.29, 0.717) is 0 Å². The lowest BCUT2D eigenvalue weighted by Crippen LogP contribution is -2.51. The first kappa shape index (κ1) is 14.8. The molecule has 0 aliphatic carbocycles. The number of hydrogen-bond acceptors (Lipinski definition) is 3. The lowest BCUT2D eigenvalue weighted by molar-refractivity contribution is -0.238. The van der Waals surface area contributed by atoms with Crippen molar-refractivity contribution in [3.63, 3.8) is 0 Å². The van der Waals surface area contributed by atoms with Gasteiger partial charge in [0.1, 0.15) is 11.8 Å². The van der Waals surface area contributed by atoms with Crippen molar-refractivity contribution in [3.8, 4) is 0 Å². The molecular weight excluding hydrogens is 290 g/mol. The van der Waals surface area contributed by atoms with Gasteiger partial charge < -0.3 is 5.11 Å². The molecule has 0 saturated heterocycles. The minimum absolute atomic E-state index is 0.431. The second kappa shape index (κ2) is 4.44. The molecule has 0 unspecified atom stereocenters. The van der Waals surface area contributed by atoms with Crippen molar-refractivity contribution in [1.29, 1.82) is 0 Å². The Hall–Kier alpha value is -1.64. The highest BCUT2D eigenvalue weighted by Gasteiger charge is 2.65. The molecule has 1 aromatic heterocycles. The van der Waals surface area contributed by atoms with E-state index in [0.717, 1.165) is 12.3 Å². The third-order valence-corrected chi connectivity index (χ3v) is 2.92. The van der Waals surface area contributed by atoms with Crippen LogP contribution in [0.3, 0.4) is 0 Å². The molecule has 0 saturated carbocycles. The molecular formula is C11H8F6N2O. The molecule has 20 heavy (non-hydrogen) atoms. The van der Waals surface area contributed by atoms with Crippen molar-refractivity contribution >= 4 is 5.71 Å². The van der Waals surface area contributed by atoms with Crippen molar-refractivity contribution < 1.29 is 31.4 Å². The minimum Gasteiger partial charge on any atom is -0.375 e. The van der Waals surface area contributed by atoms with E-state index < -0.39 is 41.8 Å². The SMILES string of the molecule is O[C@]1(C(F)(F)F)C[C@H](C(F)(F)F)N=C1c1ccccn1. The molecule has 0 amide bonds. The molecule has 0 bridgehead atoms. The smallest absolute Gasteiger partial charge is 0.375 e. The van der Waals surface area contributed by atoms with Crippen molar-refractivity contribution in [3.05, 3.63) is 30.1 Å². The van der Waals surface area contributed by atoms with E-state index in [1.54, 1.807) is 0 Å². The summed E-state index contributed by atoms with van der Waals surface area (Å²) in [5.41, 5.74) is -5.19. The van der Waals surface area contributed by atoms with Gasteiger partial charge in [0.15, 0.2) is 0 Å². The summed E-state index contributed by atoms with van der Waals surface area (Å²) in [6.07, 6.45) is -10.7. The second-order valence-corrected chi connectivity index (χ2v) is 4.31. The molecule has 2 atom stereocenters. The summed E-state index contributed by atoms with van der Waals surface area (Å²) in [4.78, 5) is 6.54. The Bertz CT molecular complexity index is 524. The van der Waals surface area contributed by atoms with Gasteiger partial charge in [0.05, 0.1) is 5.69 Å². The van der Waals surface area contributed by atoms with E-state index in [1.165, 1.54) is 12.1 Å². The van der Waals surface area contributed by atoms with Crippen LogP contribution in [-0.2, 0) is 0 Å². The van der Waals surface area contributed by atoms with Crippen LogP contribution in [0.4, 0.5) is 26.3 Å². The molecule has 0 fully saturated rings. The lowest BCUT2D eigenvalue weighted by Gasteiger charge is -2.27. The fourth-order valence-corrected chi connectivity index (χ4v) is 1.90. The summed E-state index contributed by atoms with van der Waals surface area (Å²) in [6, 6.07) is 1.13. The highest BCUT2D eigenvalue weighted by Crippen LogP contribution is 2.45. The molecule has 1 N–H and O–H groups in total. The third kappa shape index (κ3) is 2.37. The van der Waals surface area contributed by atoms with Crippen LogP contribution >= 0.6 is 0 Å². The topological polar surface area (TPSA) is 45.5 Å². The molecule has 0 spiro atoms. The Morgan fingerprint density at radius 1 is 1.15 bits per heavy atom. The van der Waals surface area contributed by atoms with Crippen LogP contribution in [0, 0.1) is 0 Å². The summed E-state index contributed by atoms with van der Waals surface area (Å²) < 4.78 is 76.5. The van der Waals surface area contributed by atoms with Crippen LogP contribution in [0.5, 0.6) is 0 Å². The van der Waals surface area contributed by atoms with Crippen molar-refractivity contribution in [2.75, 3.05) is 0 Å². The van der Waals surface area contributed by atoms with E-state index in [9.17, 15) is 31.4 Å². The quantitative estimate of drug-likeness (QED) is 0.810. The summed E-state index contributed by atoms with van der Waals surface area (Å²) in [5.74, 6) is 0. The molecule has 2 heterocycles. The number of hydrogen-bond donors (Lipinski definition) is 1. The predicted molar refractivity (Wildman–Crippen MR) is 56.2 cm³/mol. The predicted octanol–water partition coefficient (Wildman–Crippen LogP) is 2.50. The Balaban J connectivity index is 2.53. The van der Waals surface area contributed by atoms with Crippen LogP contribution in [0.15, 0.2) is 29.4 Å². The lowest BCUT2D eigenvalue weighted by atomic mass is 9.91. The molecule has 1 aliphatic rings. The van der Waals surface area contributed by atoms with Gasteiger partial charge in [0, 0.05) is 12.6 Å². The van der Waals surface area contributed by atoms with Gasteiger partial charge in [-0.15, -0.1) is 0 Å². The largest absolute Gasteiger partial charge is 0.423 e. The fraction of sp³-hybridized carbons (Fsp3) is 0.455. The fourth-order valence-electron chi connectivity index (χ4n) is 1.90. The number of rotatable bonds is 1. The normalized spacial score (nSPS) is 27.6. The first-order valence-corrected chi connectivity index (χ1v) is 5.41. The van der Waals surface area contributed by atoms with Gasteiger partial charge in [0.2, 0.25) is 5.60 Å². The van der Waals surface area contributed by atoms with Crippen molar-refractivity contribution in [1.82, 2.24) is 4.98 Å². The summed E-state index contributed by atoms with van der Waals surface area (Å²) in [5, 5.41) is 9.68. The van der Waals surface area contributed by atoms with Crippen molar-refractivity contribution in [2.24, 2.45) is 4.99 Å². The average molecular weight is 298 g/mol. The van der Waals surface area contributed by atoms with Gasteiger partial charge in [-0.2, -0.15) is 26.3 Å². The third-order valence-electron chi connectivity index (χ3n) is 2.92. The van der Waals surface area contributed by atoms with Gasteiger partial charge in [0.25, 0.3) is 0 Å². The van der Waals surface area contributed by atoms with E-state index in [2.05, 4.69) is 9.98 Å². The molecule has 110 valence electrons. The first-order valence-electron chi connectivity index (χ1n) is 5.41. The second-order valence-electron chi connectivity index (χ2n) is 4.31. The molecule has 0 radical (unpaired) electrons. The van der Waals surface area contributed by atoms with Gasteiger partial charge in [-0.05, 0) is 12.1 Å². The monoisotopic (exact) mass is 298 g/mol. The molecule has 9 heteroatoms. The van der Waals surface area contributed by atoms with Crippen LogP contribution < -0.4 is 0 Å². The van der Waals surface area contributed by atoms with E-state index in [4.69, 9.17) is 0 Å².